The minimum absolute atomic E-state index is 0.0374. The molecule has 1 aliphatic rings. The first-order valence-corrected chi connectivity index (χ1v) is 12.3. The normalized spacial score (nSPS) is 15.2. The third-order valence-electron chi connectivity index (χ3n) is 4.02. The summed E-state index contributed by atoms with van der Waals surface area (Å²) in [6.45, 7) is 31.5. The third kappa shape index (κ3) is 19.4. The molecule has 0 aromatic heterocycles. The molecule has 0 aromatic carbocycles. The van der Waals surface area contributed by atoms with Gasteiger partial charge in [0.05, 0.1) is 24.6 Å². The summed E-state index contributed by atoms with van der Waals surface area (Å²) in [5, 5.41) is 0. The van der Waals surface area contributed by atoms with Gasteiger partial charge in [0.25, 0.3) is 0 Å². The van der Waals surface area contributed by atoms with E-state index in [1.807, 2.05) is 27.7 Å². The molecule has 0 spiro atoms. The molecule has 1 saturated heterocycles. The van der Waals surface area contributed by atoms with Crippen LogP contribution in [0.2, 0.25) is 0 Å². The van der Waals surface area contributed by atoms with E-state index < -0.39 is 0 Å². The van der Waals surface area contributed by atoms with Crippen molar-refractivity contribution in [3.8, 4) is 0 Å². The van der Waals surface area contributed by atoms with Crippen LogP contribution in [0.5, 0.6) is 0 Å². The number of hydrogen-bond donors (Lipinski definition) is 0. The fraction of sp³-hybridized carbons (Fsp3) is 0.815. The van der Waals surface area contributed by atoms with Gasteiger partial charge in [-0.2, -0.15) is 0 Å². The van der Waals surface area contributed by atoms with Crippen LogP contribution in [0, 0.1) is 11.3 Å². The number of carbonyl (C=O) groups is 1. The Hall–Kier alpha value is -1.33. The smallest absolute Gasteiger partial charge is 0.157 e. The van der Waals surface area contributed by atoms with Gasteiger partial charge in [-0.3, -0.25) is 19.7 Å². The van der Waals surface area contributed by atoms with Gasteiger partial charge in [-0.1, -0.05) is 62.3 Å². The zero-order valence-electron chi connectivity index (χ0n) is 24.0. The Morgan fingerprint density at radius 1 is 1.00 bits per heavy atom. The van der Waals surface area contributed by atoms with Crippen LogP contribution in [0.4, 0.5) is 0 Å². The van der Waals surface area contributed by atoms with Gasteiger partial charge in [-0.05, 0) is 46.6 Å². The highest BCUT2D eigenvalue weighted by Crippen LogP contribution is 2.25. The molecular formula is C27H55N3O2. The summed E-state index contributed by atoms with van der Waals surface area (Å²) < 4.78 is 5.20. The average molecular weight is 454 g/mol. The van der Waals surface area contributed by atoms with Gasteiger partial charge in [-0.15, -0.1) is 0 Å². The maximum Gasteiger partial charge on any atom is 0.157 e. The first kappa shape index (κ1) is 35.3. The largest absolute Gasteiger partial charge is 0.379 e. The monoisotopic (exact) mass is 453 g/mol. The Labute approximate surface area is 200 Å². The van der Waals surface area contributed by atoms with Crippen molar-refractivity contribution in [2.75, 3.05) is 39.9 Å². The molecule has 0 N–H and O–H groups in total. The van der Waals surface area contributed by atoms with Crippen molar-refractivity contribution in [2.45, 2.75) is 96.4 Å². The van der Waals surface area contributed by atoms with E-state index in [-0.39, 0.29) is 11.2 Å². The van der Waals surface area contributed by atoms with E-state index in [1.54, 1.807) is 20.9 Å². The number of morpholine rings is 1. The number of ketones is 1. The van der Waals surface area contributed by atoms with Gasteiger partial charge in [0.15, 0.2) is 5.78 Å². The van der Waals surface area contributed by atoms with Crippen molar-refractivity contribution in [1.29, 1.82) is 0 Å². The predicted octanol–water partition coefficient (Wildman–Crippen LogP) is 6.86. The molecule has 5 nitrogen and oxygen atoms in total. The minimum Gasteiger partial charge on any atom is -0.379 e. The van der Waals surface area contributed by atoms with Crippen molar-refractivity contribution in [3.63, 3.8) is 0 Å². The van der Waals surface area contributed by atoms with E-state index in [2.05, 4.69) is 63.4 Å². The number of nitrogens with zero attached hydrogens (tertiary/aromatic N) is 3. The Balaban J connectivity index is -0.000000464. The maximum absolute atomic E-state index is 11.5. The second kappa shape index (κ2) is 20.3. The number of ether oxygens (including phenoxy) is 1. The van der Waals surface area contributed by atoms with Crippen molar-refractivity contribution >= 4 is 17.2 Å². The summed E-state index contributed by atoms with van der Waals surface area (Å²) in [5.74, 6) is 0.871. The van der Waals surface area contributed by atoms with Gasteiger partial charge in [-0.25, -0.2) is 0 Å². The first-order valence-electron chi connectivity index (χ1n) is 12.3. The fourth-order valence-corrected chi connectivity index (χ4v) is 2.64. The number of Topliss-reactive ketones (excluding diaryl/α,β-unsaturated/α-hetero) is 1. The zero-order chi connectivity index (χ0) is 25.9. The van der Waals surface area contributed by atoms with Crippen LogP contribution >= 0.6 is 0 Å². The molecule has 1 fully saturated rings. The SMILES string of the molecule is CC.CC(C)C.CCCN1CCOCC1.CN=C(/C(N=C(C)C)=C(\C)C(C)=O)C(C)(C)C. The molecule has 0 aromatic rings. The van der Waals surface area contributed by atoms with Gasteiger partial charge in [0.2, 0.25) is 0 Å². The summed E-state index contributed by atoms with van der Waals surface area (Å²) in [4.78, 5) is 22.8. The molecule has 0 saturated carbocycles. The molecule has 0 aliphatic carbocycles. The van der Waals surface area contributed by atoms with Crippen LogP contribution < -0.4 is 0 Å². The molecule has 0 unspecified atom stereocenters. The molecule has 1 rings (SSSR count). The summed E-state index contributed by atoms with van der Waals surface area (Å²) in [7, 11) is 1.74. The van der Waals surface area contributed by atoms with Gasteiger partial charge in [0, 0.05) is 36.8 Å². The molecular weight excluding hydrogens is 398 g/mol. The topological polar surface area (TPSA) is 54.3 Å². The van der Waals surface area contributed by atoms with E-state index in [0.717, 1.165) is 43.6 Å². The molecule has 0 bridgehead atoms. The van der Waals surface area contributed by atoms with Crippen LogP contribution in [0.15, 0.2) is 21.3 Å². The van der Waals surface area contributed by atoms with Crippen LogP contribution in [0.1, 0.15) is 96.4 Å². The lowest BCUT2D eigenvalue weighted by atomic mass is 9.86. The number of hydrogen-bond acceptors (Lipinski definition) is 5. The van der Waals surface area contributed by atoms with Crippen LogP contribution in [0.25, 0.3) is 0 Å². The Morgan fingerprint density at radius 3 is 1.72 bits per heavy atom. The Kier molecular flexibility index (Phi) is 22.4. The summed E-state index contributed by atoms with van der Waals surface area (Å²) >= 11 is 0. The van der Waals surface area contributed by atoms with E-state index >= 15 is 0 Å². The quantitative estimate of drug-likeness (QED) is 0.337. The average Bonchev–Trinajstić information content (AvgIpc) is 2.68. The predicted molar refractivity (Wildman–Crippen MR) is 144 cm³/mol. The van der Waals surface area contributed by atoms with Crippen molar-refractivity contribution < 1.29 is 9.53 Å². The van der Waals surface area contributed by atoms with Crippen molar-refractivity contribution in [2.24, 2.45) is 21.3 Å². The Morgan fingerprint density at radius 2 is 1.44 bits per heavy atom. The molecule has 1 heterocycles. The Bertz CT molecular complexity index is 567. The molecule has 0 amide bonds. The highest BCUT2D eigenvalue weighted by Gasteiger charge is 2.24. The van der Waals surface area contributed by atoms with E-state index in [1.165, 1.54) is 13.0 Å². The lowest BCUT2D eigenvalue weighted by Crippen LogP contribution is -2.36. The summed E-state index contributed by atoms with van der Waals surface area (Å²) in [5.41, 5.74) is 3.05. The molecule has 0 atom stereocenters. The second-order valence-corrected chi connectivity index (χ2v) is 9.60. The van der Waals surface area contributed by atoms with Crippen LogP contribution in [0.3, 0.4) is 0 Å². The molecule has 32 heavy (non-hydrogen) atoms. The highest BCUT2D eigenvalue weighted by atomic mass is 16.5. The number of carbonyl (C=O) groups excluding carboxylic acids is 1. The van der Waals surface area contributed by atoms with Crippen molar-refractivity contribution in [1.82, 2.24) is 4.90 Å². The molecule has 1 aliphatic heterocycles. The molecule has 5 heteroatoms. The van der Waals surface area contributed by atoms with Gasteiger partial charge in [0.1, 0.15) is 0 Å². The van der Waals surface area contributed by atoms with E-state index in [0.29, 0.717) is 11.3 Å². The van der Waals surface area contributed by atoms with Crippen LogP contribution in [-0.4, -0.2) is 62.0 Å². The fourth-order valence-electron chi connectivity index (χ4n) is 2.64. The zero-order valence-corrected chi connectivity index (χ0v) is 24.0. The van der Waals surface area contributed by atoms with Gasteiger partial charge < -0.3 is 4.74 Å². The highest BCUT2D eigenvalue weighted by molar-refractivity contribution is 6.11. The molecule has 0 radical (unpaired) electrons. The van der Waals surface area contributed by atoms with Gasteiger partial charge >= 0.3 is 0 Å². The van der Waals surface area contributed by atoms with Crippen LogP contribution in [-0.2, 0) is 9.53 Å². The minimum atomic E-state index is -0.125. The first-order chi connectivity index (χ1) is 14.8. The molecule has 190 valence electrons. The van der Waals surface area contributed by atoms with E-state index in [4.69, 9.17) is 4.74 Å². The second-order valence-electron chi connectivity index (χ2n) is 9.60. The number of rotatable bonds is 5. The lowest BCUT2D eigenvalue weighted by molar-refractivity contribution is -0.113. The maximum atomic E-state index is 11.5. The standard InChI is InChI=1S/C14H24N2O.C7H15NO.C4H10.C2H6/c1-9(2)16-12(10(3)11(4)17)13(15-8)14(5,6)7;1-2-3-8-4-6-9-7-5-8;1-4(2)3;1-2/h1-8H3;2-7H2,1H3;4H,1-3H3;1-2H3/b12-10-,15-13?;;;. The van der Waals surface area contributed by atoms with Crippen molar-refractivity contribution in [3.05, 3.63) is 11.3 Å². The number of allylic oxidation sites excluding steroid dienone is 2. The third-order valence-corrected chi connectivity index (χ3v) is 4.02. The summed E-state index contributed by atoms with van der Waals surface area (Å²) in [6.07, 6.45) is 1.26. The van der Waals surface area contributed by atoms with E-state index in [9.17, 15) is 4.79 Å². The lowest BCUT2D eigenvalue weighted by Gasteiger charge is -2.25. The summed E-state index contributed by atoms with van der Waals surface area (Å²) in [6, 6.07) is 0. The number of aliphatic imine (C=N–C) groups is 2.